The predicted molar refractivity (Wildman–Crippen MR) is 122 cm³/mol. The summed E-state index contributed by atoms with van der Waals surface area (Å²) < 4.78 is 5.68. The fourth-order valence-corrected chi connectivity index (χ4v) is 4.00. The molecule has 1 atom stereocenters. The Bertz CT molecular complexity index is 1050. The molecule has 0 radical (unpaired) electrons. The van der Waals surface area contributed by atoms with E-state index in [1.807, 2.05) is 13.0 Å². The molecule has 0 fully saturated rings. The first kappa shape index (κ1) is 22.6. The van der Waals surface area contributed by atoms with Crippen LogP contribution in [-0.4, -0.2) is 36.5 Å². The van der Waals surface area contributed by atoms with Crippen molar-refractivity contribution in [2.45, 2.75) is 26.3 Å². The first-order valence-electron chi connectivity index (χ1n) is 9.90. The molecule has 2 aromatic carbocycles. The van der Waals surface area contributed by atoms with Gasteiger partial charge in [0.05, 0.1) is 24.3 Å². The number of anilines is 1. The number of hydrogen-bond acceptors (Lipinski definition) is 4. The van der Waals surface area contributed by atoms with Gasteiger partial charge in [0.25, 0.3) is 5.91 Å². The van der Waals surface area contributed by atoms with E-state index in [-0.39, 0.29) is 11.9 Å². The summed E-state index contributed by atoms with van der Waals surface area (Å²) in [7, 11) is 1.31. The fourth-order valence-electron chi connectivity index (χ4n) is 3.54. The number of allylic oxidation sites excluding steroid dienone is 1. The van der Waals surface area contributed by atoms with E-state index < -0.39 is 12.0 Å². The van der Waals surface area contributed by atoms with Crippen LogP contribution in [0, 0.1) is 0 Å². The number of hydrogen-bond donors (Lipinski definition) is 2. The summed E-state index contributed by atoms with van der Waals surface area (Å²) in [4.78, 5) is 39.4. The zero-order valence-corrected chi connectivity index (χ0v) is 19.2. The van der Waals surface area contributed by atoms with E-state index in [4.69, 9.17) is 4.74 Å². The lowest BCUT2D eigenvalue weighted by molar-refractivity contribution is -0.136. The molecule has 162 valence electrons. The van der Waals surface area contributed by atoms with Gasteiger partial charge in [-0.2, -0.15) is 0 Å². The van der Waals surface area contributed by atoms with Gasteiger partial charge in [0.2, 0.25) is 0 Å². The molecule has 7 nitrogen and oxygen atoms in total. The van der Waals surface area contributed by atoms with Gasteiger partial charge in [0, 0.05) is 22.4 Å². The van der Waals surface area contributed by atoms with E-state index in [9.17, 15) is 14.4 Å². The number of esters is 1. The Morgan fingerprint density at radius 1 is 1.19 bits per heavy atom. The topological polar surface area (TPSA) is 87.7 Å². The SMILES string of the molecule is CCCN1C(=O)N[C@H](c2cccc(NC(=O)c3ccccc3Br)c2)C(C(=O)OC)=C1C. The Labute approximate surface area is 189 Å². The lowest BCUT2D eigenvalue weighted by Crippen LogP contribution is -2.48. The second-order valence-electron chi connectivity index (χ2n) is 7.08. The largest absolute Gasteiger partial charge is 0.466 e. The zero-order valence-electron chi connectivity index (χ0n) is 17.6. The maximum Gasteiger partial charge on any atom is 0.337 e. The predicted octanol–water partition coefficient (Wildman–Crippen LogP) is 4.62. The molecule has 0 bridgehead atoms. The highest BCUT2D eigenvalue weighted by Crippen LogP contribution is 2.32. The van der Waals surface area contributed by atoms with Crippen LogP contribution in [-0.2, 0) is 9.53 Å². The van der Waals surface area contributed by atoms with Gasteiger partial charge < -0.3 is 15.4 Å². The number of rotatable bonds is 6. The Morgan fingerprint density at radius 3 is 2.61 bits per heavy atom. The third-order valence-electron chi connectivity index (χ3n) is 5.05. The van der Waals surface area contributed by atoms with Crippen LogP contribution in [0.15, 0.2) is 64.3 Å². The smallest absolute Gasteiger partial charge is 0.337 e. The van der Waals surface area contributed by atoms with Crippen LogP contribution in [0.1, 0.15) is 42.2 Å². The Kier molecular flexibility index (Phi) is 7.12. The van der Waals surface area contributed by atoms with Crippen LogP contribution in [0.25, 0.3) is 0 Å². The van der Waals surface area contributed by atoms with Gasteiger partial charge in [-0.25, -0.2) is 9.59 Å². The van der Waals surface area contributed by atoms with Crippen molar-refractivity contribution in [2.24, 2.45) is 0 Å². The van der Waals surface area contributed by atoms with Gasteiger partial charge in [-0.3, -0.25) is 9.69 Å². The highest BCUT2D eigenvalue weighted by atomic mass is 79.9. The standard InChI is InChI=1S/C23H24BrN3O4/c1-4-12-27-14(2)19(22(29)31-3)20(26-23(27)30)15-8-7-9-16(13-15)25-21(28)17-10-5-6-11-18(17)24/h5-11,13,20H,4,12H2,1-3H3,(H,25,28)(H,26,30)/t20-/m1/s1. The Morgan fingerprint density at radius 2 is 1.94 bits per heavy atom. The van der Waals surface area contributed by atoms with Gasteiger partial charge in [-0.1, -0.05) is 31.2 Å². The Hall–Kier alpha value is -3.13. The first-order valence-corrected chi connectivity index (χ1v) is 10.7. The minimum Gasteiger partial charge on any atom is -0.466 e. The molecular weight excluding hydrogens is 462 g/mol. The average Bonchev–Trinajstić information content (AvgIpc) is 2.76. The number of nitrogens with one attached hydrogen (secondary N) is 2. The number of carbonyl (C=O) groups is 3. The maximum atomic E-state index is 12.7. The minimum absolute atomic E-state index is 0.272. The molecule has 1 aliphatic rings. The summed E-state index contributed by atoms with van der Waals surface area (Å²) in [6.45, 7) is 4.20. The van der Waals surface area contributed by atoms with Gasteiger partial charge in [0.1, 0.15) is 0 Å². The highest BCUT2D eigenvalue weighted by Gasteiger charge is 2.36. The zero-order chi connectivity index (χ0) is 22.5. The van der Waals surface area contributed by atoms with Gasteiger partial charge >= 0.3 is 12.0 Å². The molecule has 0 aromatic heterocycles. The quantitative estimate of drug-likeness (QED) is 0.584. The lowest BCUT2D eigenvalue weighted by atomic mass is 9.94. The summed E-state index contributed by atoms with van der Waals surface area (Å²) in [5.74, 6) is -0.780. The molecule has 2 N–H and O–H groups in total. The number of methoxy groups -OCH3 is 1. The number of benzene rings is 2. The number of nitrogens with zero attached hydrogens (tertiary/aromatic N) is 1. The Balaban J connectivity index is 1.95. The van der Waals surface area contributed by atoms with Gasteiger partial charge in [-0.05, 0) is 59.1 Å². The van der Waals surface area contributed by atoms with Crippen LogP contribution in [0.2, 0.25) is 0 Å². The van der Waals surface area contributed by atoms with Crippen LogP contribution in [0.3, 0.4) is 0 Å². The molecular formula is C23H24BrN3O4. The van der Waals surface area contributed by atoms with Crippen molar-refractivity contribution in [2.75, 3.05) is 19.0 Å². The number of ether oxygens (including phenoxy) is 1. The normalized spacial score (nSPS) is 16.1. The summed E-state index contributed by atoms with van der Waals surface area (Å²) >= 11 is 3.38. The number of halogens is 1. The van der Waals surface area contributed by atoms with E-state index in [0.717, 1.165) is 6.42 Å². The third kappa shape index (κ3) is 4.80. The fraction of sp³-hybridized carbons (Fsp3) is 0.261. The van der Waals surface area contributed by atoms with Crippen molar-refractivity contribution < 1.29 is 19.1 Å². The van der Waals surface area contributed by atoms with E-state index in [1.165, 1.54) is 7.11 Å². The molecule has 3 rings (SSSR count). The van der Waals surface area contributed by atoms with E-state index >= 15 is 0 Å². The summed E-state index contributed by atoms with van der Waals surface area (Å²) in [5, 5.41) is 5.76. The van der Waals surface area contributed by atoms with Crippen molar-refractivity contribution in [3.63, 3.8) is 0 Å². The molecule has 0 spiro atoms. The molecule has 31 heavy (non-hydrogen) atoms. The summed E-state index contributed by atoms with van der Waals surface area (Å²) in [6, 6.07) is 13.2. The van der Waals surface area contributed by atoms with Crippen molar-refractivity contribution in [3.8, 4) is 0 Å². The maximum absolute atomic E-state index is 12.7. The molecule has 1 heterocycles. The number of carbonyl (C=O) groups excluding carboxylic acids is 3. The van der Waals surface area contributed by atoms with Crippen LogP contribution < -0.4 is 10.6 Å². The van der Waals surface area contributed by atoms with Gasteiger partial charge in [0.15, 0.2) is 0 Å². The molecule has 8 heteroatoms. The van der Waals surface area contributed by atoms with E-state index in [1.54, 1.807) is 54.3 Å². The van der Waals surface area contributed by atoms with Crippen molar-refractivity contribution in [1.82, 2.24) is 10.2 Å². The van der Waals surface area contributed by atoms with Gasteiger partial charge in [-0.15, -0.1) is 0 Å². The highest BCUT2D eigenvalue weighted by molar-refractivity contribution is 9.10. The molecule has 0 saturated carbocycles. The van der Waals surface area contributed by atoms with Crippen LogP contribution in [0.4, 0.5) is 10.5 Å². The second kappa shape index (κ2) is 9.78. The second-order valence-corrected chi connectivity index (χ2v) is 7.94. The lowest BCUT2D eigenvalue weighted by Gasteiger charge is -2.35. The molecule has 2 aromatic rings. The number of amides is 3. The molecule has 3 amide bonds. The van der Waals surface area contributed by atoms with E-state index in [2.05, 4.69) is 26.6 Å². The molecule has 0 saturated heterocycles. The third-order valence-corrected chi connectivity index (χ3v) is 5.74. The monoisotopic (exact) mass is 485 g/mol. The molecule has 0 unspecified atom stereocenters. The van der Waals surface area contributed by atoms with Crippen molar-refractivity contribution in [1.29, 1.82) is 0 Å². The minimum atomic E-state index is -0.687. The molecule has 1 aliphatic heterocycles. The van der Waals surface area contributed by atoms with E-state index in [0.29, 0.717) is 39.1 Å². The number of urea groups is 1. The first-order chi connectivity index (χ1) is 14.9. The van der Waals surface area contributed by atoms with Crippen LogP contribution >= 0.6 is 15.9 Å². The van der Waals surface area contributed by atoms with Crippen LogP contribution in [0.5, 0.6) is 0 Å². The average molecular weight is 486 g/mol. The summed E-state index contributed by atoms with van der Waals surface area (Å²) in [6.07, 6.45) is 0.750. The van der Waals surface area contributed by atoms with Crippen molar-refractivity contribution in [3.05, 3.63) is 75.4 Å². The molecule has 0 aliphatic carbocycles. The summed E-state index contributed by atoms with van der Waals surface area (Å²) in [5.41, 5.74) is 2.63. The van der Waals surface area contributed by atoms with Crippen molar-refractivity contribution >= 4 is 39.5 Å².